The van der Waals surface area contributed by atoms with Gasteiger partial charge >= 0.3 is 0 Å². The normalized spacial score (nSPS) is 18.6. The largest absolute Gasteiger partial charge is 0.493 e. The van der Waals surface area contributed by atoms with Crippen molar-refractivity contribution in [2.75, 3.05) is 41.0 Å². The summed E-state index contributed by atoms with van der Waals surface area (Å²) < 4.78 is 16.1. The van der Waals surface area contributed by atoms with E-state index in [1.807, 2.05) is 0 Å². The van der Waals surface area contributed by atoms with E-state index < -0.39 is 11.1 Å². The fourth-order valence-corrected chi connectivity index (χ4v) is 4.40. The molecule has 2 aliphatic rings. The Morgan fingerprint density at radius 2 is 1.67 bits per heavy atom. The first-order valence-corrected chi connectivity index (χ1v) is 10.6. The lowest BCUT2D eigenvalue weighted by Gasteiger charge is -2.22. The summed E-state index contributed by atoms with van der Waals surface area (Å²) in [6, 6.07) is 3.41. The second kappa shape index (κ2) is 9.88. The molecule has 2 heterocycles. The number of ether oxygens (including phenoxy) is 3. The number of thioether (sulfide) groups is 1. The average Bonchev–Trinajstić information content (AvgIpc) is 2.95. The Balaban J connectivity index is 1.80. The molecule has 0 atom stereocenters. The van der Waals surface area contributed by atoms with Gasteiger partial charge in [0.05, 0.1) is 26.2 Å². The molecule has 2 aliphatic heterocycles. The molecule has 0 unspecified atom stereocenters. The van der Waals surface area contributed by atoms with Crippen molar-refractivity contribution in [2.24, 2.45) is 0 Å². The summed E-state index contributed by atoms with van der Waals surface area (Å²) in [5.74, 6) is 0.602. The number of nitrogens with zero attached hydrogens (tertiary/aromatic N) is 2. The van der Waals surface area contributed by atoms with Crippen molar-refractivity contribution in [3.63, 3.8) is 0 Å². The minimum absolute atomic E-state index is 0.191. The van der Waals surface area contributed by atoms with Crippen molar-refractivity contribution in [3.8, 4) is 17.2 Å². The molecule has 0 aromatic heterocycles. The van der Waals surface area contributed by atoms with Gasteiger partial charge in [0, 0.05) is 18.7 Å². The van der Waals surface area contributed by atoms with Gasteiger partial charge in [0.2, 0.25) is 11.7 Å². The molecule has 162 valence electrons. The Bertz CT molecular complexity index is 861. The van der Waals surface area contributed by atoms with Crippen molar-refractivity contribution in [3.05, 3.63) is 22.6 Å². The molecule has 30 heavy (non-hydrogen) atoms. The molecule has 2 saturated heterocycles. The summed E-state index contributed by atoms with van der Waals surface area (Å²) in [5.41, 5.74) is 0.569. The zero-order valence-corrected chi connectivity index (χ0v) is 18.3. The van der Waals surface area contributed by atoms with Crippen LogP contribution in [0.5, 0.6) is 17.2 Å². The lowest BCUT2D eigenvalue weighted by Crippen LogP contribution is -2.42. The highest BCUT2D eigenvalue weighted by Gasteiger charge is 2.37. The summed E-state index contributed by atoms with van der Waals surface area (Å²) >= 11 is 0.812. The van der Waals surface area contributed by atoms with Crippen LogP contribution in [0.1, 0.15) is 31.2 Å². The first-order chi connectivity index (χ1) is 14.5. The SMILES string of the molecule is COc1ccc(C=C2SC(=O)N(CC(=O)N3CCCCCC3)C2=O)c(OC)c1OC. The van der Waals surface area contributed by atoms with Gasteiger partial charge < -0.3 is 19.1 Å². The van der Waals surface area contributed by atoms with E-state index in [0.29, 0.717) is 35.9 Å². The Hall–Kier alpha value is -2.68. The van der Waals surface area contributed by atoms with Crippen molar-refractivity contribution in [2.45, 2.75) is 25.7 Å². The van der Waals surface area contributed by atoms with Gasteiger partial charge in [-0.1, -0.05) is 12.8 Å². The number of likely N-dealkylation sites (tertiary alicyclic amines) is 1. The first-order valence-electron chi connectivity index (χ1n) is 9.82. The second-order valence-corrected chi connectivity index (χ2v) is 7.98. The Morgan fingerprint density at radius 1 is 1.00 bits per heavy atom. The van der Waals surface area contributed by atoms with E-state index >= 15 is 0 Å². The van der Waals surface area contributed by atoms with E-state index in [0.717, 1.165) is 42.3 Å². The highest BCUT2D eigenvalue weighted by atomic mass is 32.2. The van der Waals surface area contributed by atoms with Crippen LogP contribution in [0.15, 0.2) is 17.0 Å². The second-order valence-electron chi connectivity index (χ2n) is 6.99. The number of rotatable bonds is 6. The quantitative estimate of drug-likeness (QED) is 0.636. The predicted molar refractivity (Wildman–Crippen MR) is 114 cm³/mol. The van der Waals surface area contributed by atoms with Crippen LogP contribution in [0.4, 0.5) is 4.79 Å². The van der Waals surface area contributed by atoms with Gasteiger partial charge in [0.25, 0.3) is 11.1 Å². The van der Waals surface area contributed by atoms with Gasteiger partial charge in [-0.15, -0.1) is 0 Å². The van der Waals surface area contributed by atoms with Gasteiger partial charge in [-0.05, 0) is 42.8 Å². The molecule has 0 saturated carbocycles. The minimum atomic E-state index is -0.481. The minimum Gasteiger partial charge on any atom is -0.493 e. The van der Waals surface area contributed by atoms with Crippen molar-refractivity contribution < 1.29 is 28.6 Å². The summed E-state index contributed by atoms with van der Waals surface area (Å²) in [7, 11) is 4.50. The third-order valence-corrected chi connectivity index (χ3v) is 6.05. The highest BCUT2D eigenvalue weighted by Crippen LogP contribution is 2.42. The van der Waals surface area contributed by atoms with Crippen LogP contribution >= 0.6 is 11.8 Å². The number of carbonyl (C=O) groups excluding carboxylic acids is 3. The fourth-order valence-electron chi connectivity index (χ4n) is 3.57. The first kappa shape index (κ1) is 22.0. The van der Waals surface area contributed by atoms with Gasteiger partial charge in [0.15, 0.2) is 11.5 Å². The molecule has 0 aliphatic carbocycles. The summed E-state index contributed by atoms with van der Waals surface area (Å²) in [4.78, 5) is 40.9. The van der Waals surface area contributed by atoms with Gasteiger partial charge in [-0.2, -0.15) is 0 Å². The van der Waals surface area contributed by atoms with Crippen LogP contribution in [0.3, 0.4) is 0 Å². The van der Waals surface area contributed by atoms with Crippen LogP contribution in [0, 0.1) is 0 Å². The summed E-state index contributed by atoms with van der Waals surface area (Å²) in [5, 5.41) is -0.450. The van der Waals surface area contributed by atoms with E-state index in [-0.39, 0.29) is 17.4 Å². The molecule has 1 aromatic carbocycles. The molecule has 0 radical (unpaired) electrons. The van der Waals surface area contributed by atoms with Crippen LogP contribution in [0.25, 0.3) is 6.08 Å². The number of carbonyl (C=O) groups is 3. The molecule has 0 bridgehead atoms. The fraction of sp³-hybridized carbons (Fsp3) is 0.476. The number of hydrogen-bond donors (Lipinski definition) is 0. The molecule has 2 fully saturated rings. The molecular formula is C21H26N2O6S. The number of hydrogen-bond acceptors (Lipinski definition) is 7. The zero-order chi connectivity index (χ0) is 21.7. The number of amides is 3. The highest BCUT2D eigenvalue weighted by molar-refractivity contribution is 8.18. The summed E-state index contributed by atoms with van der Waals surface area (Å²) in [6.45, 7) is 1.12. The number of benzene rings is 1. The van der Waals surface area contributed by atoms with Gasteiger partial charge in [-0.3, -0.25) is 19.3 Å². The molecule has 8 nitrogen and oxygen atoms in total. The van der Waals surface area contributed by atoms with Crippen LogP contribution < -0.4 is 14.2 Å². The van der Waals surface area contributed by atoms with Crippen molar-refractivity contribution in [1.29, 1.82) is 0 Å². The van der Waals surface area contributed by atoms with E-state index in [2.05, 4.69) is 0 Å². The Labute approximate surface area is 180 Å². The molecule has 9 heteroatoms. The van der Waals surface area contributed by atoms with Crippen molar-refractivity contribution >= 4 is 34.9 Å². The predicted octanol–water partition coefficient (Wildman–Crippen LogP) is 3.15. The lowest BCUT2D eigenvalue weighted by atomic mass is 10.1. The number of imide groups is 1. The molecule has 1 aromatic rings. The smallest absolute Gasteiger partial charge is 0.294 e. The maximum Gasteiger partial charge on any atom is 0.294 e. The molecule has 0 N–H and O–H groups in total. The van der Waals surface area contributed by atoms with E-state index in [1.54, 1.807) is 23.1 Å². The third kappa shape index (κ3) is 4.56. The topological polar surface area (TPSA) is 85.4 Å². The third-order valence-electron chi connectivity index (χ3n) is 5.15. The van der Waals surface area contributed by atoms with Crippen LogP contribution in [-0.4, -0.2) is 67.8 Å². The van der Waals surface area contributed by atoms with E-state index in [1.165, 1.54) is 21.3 Å². The van der Waals surface area contributed by atoms with Crippen molar-refractivity contribution in [1.82, 2.24) is 9.80 Å². The zero-order valence-electron chi connectivity index (χ0n) is 17.4. The maximum atomic E-state index is 12.8. The maximum absolute atomic E-state index is 12.8. The lowest BCUT2D eigenvalue weighted by molar-refractivity contribution is -0.135. The van der Waals surface area contributed by atoms with E-state index in [4.69, 9.17) is 14.2 Å². The standard InChI is InChI=1S/C21H26N2O6S/c1-27-15-9-8-14(18(28-2)19(15)29-3)12-16-20(25)23(21(26)30-16)13-17(24)22-10-6-4-5-7-11-22/h8-9,12H,4-7,10-11,13H2,1-3H3. The molecule has 3 rings (SSSR count). The van der Waals surface area contributed by atoms with Gasteiger partial charge in [-0.25, -0.2) is 0 Å². The van der Waals surface area contributed by atoms with Crippen LogP contribution in [0.2, 0.25) is 0 Å². The average molecular weight is 435 g/mol. The van der Waals surface area contributed by atoms with Crippen LogP contribution in [-0.2, 0) is 9.59 Å². The molecule has 0 spiro atoms. The molecule has 3 amide bonds. The number of methoxy groups -OCH3 is 3. The Morgan fingerprint density at radius 3 is 2.27 bits per heavy atom. The van der Waals surface area contributed by atoms with Gasteiger partial charge in [0.1, 0.15) is 6.54 Å². The Kier molecular flexibility index (Phi) is 7.25. The van der Waals surface area contributed by atoms with E-state index in [9.17, 15) is 14.4 Å². The summed E-state index contributed by atoms with van der Waals surface area (Å²) in [6.07, 6.45) is 5.67. The monoisotopic (exact) mass is 434 g/mol. The molecular weight excluding hydrogens is 408 g/mol.